The van der Waals surface area contributed by atoms with Crippen molar-refractivity contribution in [1.29, 1.82) is 0 Å². The molecule has 4 aliphatic rings. The van der Waals surface area contributed by atoms with Crippen LogP contribution in [0.25, 0.3) is 0 Å². The average molecular weight is 786 g/mol. The Kier molecular flexibility index (Phi) is 17.2. The maximum atomic E-state index is 13.9. The van der Waals surface area contributed by atoms with Gasteiger partial charge in [0.05, 0.1) is 49.1 Å². The number of aliphatic hydroxyl groups excluding tert-OH is 3. The highest BCUT2D eigenvalue weighted by Crippen LogP contribution is 2.43. The highest BCUT2D eigenvalue weighted by molar-refractivity contribution is 7.30. The van der Waals surface area contributed by atoms with Crippen LogP contribution in [0.4, 0.5) is 0 Å². The number of cyclic esters (lactones) is 1. The lowest BCUT2D eigenvalue weighted by Crippen LogP contribution is -2.57. The fourth-order valence-corrected chi connectivity index (χ4v) is 7.89. The molecule has 0 bridgehead atoms. The summed E-state index contributed by atoms with van der Waals surface area (Å²) in [5.41, 5.74) is -1.10. The van der Waals surface area contributed by atoms with Crippen LogP contribution in [-0.4, -0.2) is 144 Å². The third kappa shape index (κ3) is 11.4. The fraction of sp³-hybridized carbons (Fsp3) is 0.943. The number of methoxy groups -OCH3 is 1. The van der Waals surface area contributed by atoms with Gasteiger partial charge in [0, 0.05) is 43.4 Å². The van der Waals surface area contributed by atoms with Crippen LogP contribution in [0.5, 0.6) is 0 Å². The van der Waals surface area contributed by atoms with E-state index < -0.39 is 105 Å². The van der Waals surface area contributed by atoms with Crippen LogP contribution >= 0.6 is 8.25 Å². The number of ether oxygens (including phenoxy) is 7. The summed E-state index contributed by atoms with van der Waals surface area (Å²) in [6.07, 6.45) is -7.15. The molecule has 18 heteroatoms. The molecule has 4 N–H and O–H groups in total. The van der Waals surface area contributed by atoms with E-state index in [0.29, 0.717) is 6.42 Å². The van der Waals surface area contributed by atoms with Crippen molar-refractivity contribution in [2.75, 3.05) is 27.8 Å². The molecule has 310 valence electrons. The van der Waals surface area contributed by atoms with Gasteiger partial charge in [-0.25, -0.2) is 5.26 Å². The molecule has 0 saturated carbocycles. The first-order chi connectivity index (χ1) is 24.7. The van der Waals surface area contributed by atoms with E-state index in [1.54, 1.807) is 34.6 Å². The van der Waals surface area contributed by atoms with E-state index in [1.165, 1.54) is 7.11 Å². The van der Waals surface area contributed by atoms with Crippen LogP contribution in [0.2, 0.25) is 0 Å². The standard InChI is InChI=1S/C35H61NO12.HO4P.H2/c1-16-14-35(15-43-35)32(40)19(4)27(37)18(3)22(7)46-33(41)21(6)31(47-26-13-25(42-11)28(38)23(8)45-26)20(5)30(16)48-34-29(39)24(36(9)10)12-17(2)44-34;1-4-5(2)3;/h16-31,34,37-39H,12-15H2,1-11H3;1H;1H/t16-,17+,18-,19+,20+,21+,22+,23-,24-,25?,26-,27-,28?,29+,30-,31-,34-,35+;;/m0../s1. The zero-order chi connectivity index (χ0) is 40.1. The molecule has 4 aliphatic heterocycles. The number of carbonyl (C=O) groups excluding carboxylic acids is 2. The van der Waals surface area contributed by atoms with Crippen molar-refractivity contribution >= 4 is 20.0 Å². The summed E-state index contributed by atoms with van der Waals surface area (Å²) in [5.74, 6) is -3.74. The molecular formula is C35H64NO16P. The number of likely N-dealkylation sites (N-methyl/N-ethyl adjacent to an activating group) is 1. The molecular weight excluding hydrogens is 721 g/mol. The van der Waals surface area contributed by atoms with Gasteiger partial charge in [0.15, 0.2) is 24.0 Å². The first-order valence-corrected chi connectivity index (χ1v) is 19.5. The minimum Gasteiger partial charge on any atom is -0.565 e. The molecule has 0 aromatic carbocycles. The number of hydrogen-bond acceptors (Lipinski definition) is 17. The lowest BCUT2D eigenvalue weighted by Gasteiger charge is -2.46. The number of ketones is 1. The molecule has 19 atom stereocenters. The van der Waals surface area contributed by atoms with Gasteiger partial charge in [-0.15, -0.1) is 0 Å². The van der Waals surface area contributed by atoms with Crippen LogP contribution in [0.15, 0.2) is 0 Å². The van der Waals surface area contributed by atoms with Crippen molar-refractivity contribution in [3.8, 4) is 0 Å². The van der Waals surface area contributed by atoms with Crippen LogP contribution < -0.4 is 4.89 Å². The minimum atomic E-state index is -3.04. The van der Waals surface area contributed by atoms with E-state index in [9.17, 15) is 24.9 Å². The summed E-state index contributed by atoms with van der Waals surface area (Å²) in [6, 6.07) is -0.219. The quantitative estimate of drug-likeness (QED) is 0.0944. The van der Waals surface area contributed by atoms with E-state index in [0.717, 1.165) is 0 Å². The van der Waals surface area contributed by atoms with E-state index in [4.69, 9.17) is 47.9 Å². The zero-order valence-electron chi connectivity index (χ0n) is 32.7. The summed E-state index contributed by atoms with van der Waals surface area (Å²) in [5, 5.41) is 40.3. The zero-order valence-corrected chi connectivity index (χ0v) is 33.6. The van der Waals surface area contributed by atoms with Crippen LogP contribution in [-0.2, 0) is 52.0 Å². The third-order valence-corrected chi connectivity index (χ3v) is 11.6. The van der Waals surface area contributed by atoms with E-state index >= 15 is 0 Å². The predicted molar refractivity (Wildman–Crippen MR) is 187 cm³/mol. The van der Waals surface area contributed by atoms with Crippen LogP contribution in [0.1, 0.15) is 76.1 Å². The molecule has 17 nitrogen and oxygen atoms in total. The van der Waals surface area contributed by atoms with Gasteiger partial charge in [-0.2, -0.15) is 0 Å². The lowest BCUT2D eigenvalue weighted by atomic mass is 9.76. The SMILES string of the molecule is COC1C[C@H](O[C@H]2[C@H](C)[C@@H](O[C@@H]3O[C@H](C)C[C@H](N(C)C)[C@H]3O)[C@@H](C)C[C@@]3(CO3)C(=O)[C@H](C)[C@@H](O)[C@@H](C)[C@@H](C)OC(=O)[C@@H]2C)O[C@@H](C)C1O.O=[P+]([O-])OO.[HH]. The smallest absolute Gasteiger partial charge is 0.521 e. The molecule has 0 radical (unpaired) electrons. The van der Waals surface area contributed by atoms with Crippen molar-refractivity contribution in [2.24, 2.45) is 29.6 Å². The minimum absolute atomic E-state index is 0. The number of Topliss-reactive ketones (excluding diaryl/α,β-unsaturated/α-hetero) is 1. The topological polar surface area (TPSA) is 236 Å². The Bertz CT molecular complexity index is 1220. The number of esters is 1. The first kappa shape index (κ1) is 46.1. The van der Waals surface area contributed by atoms with Crippen molar-refractivity contribution in [1.82, 2.24) is 4.90 Å². The average Bonchev–Trinajstić information content (AvgIpc) is 3.89. The monoisotopic (exact) mass is 785 g/mol. The number of carbonyl (C=O) groups is 2. The Morgan fingerprint density at radius 2 is 1.47 bits per heavy atom. The number of hydrogen-bond donors (Lipinski definition) is 4. The molecule has 4 heterocycles. The van der Waals surface area contributed by atoms with Gasteiger partial charge < -0.3 is 58.3 Å². The second-order valence-electron chi connectivity index (χ2n) is 15.6. The van der Waals surface area contributed by atoms with Crippen molar-refractivity contribution in [3.63, 3.8) is 0 Å². The Hall–Kier alpha value is -1.28. The van der Waals surface area contributed by atoms with Gasteiger partial charge in [-0.3, -0.25) is 9.59 Å². The molecule has 3 unspecified atom stereocenters. The second kappa shape index (κ2) is 19.7. The molecule has 0 amide bonds. The van der Waals surface area contributed by atoms with Gasteiger partial charge in [0.2, 0.25) is 0 Å². The Morgan fingerprint density at radius 1 is 0.868 bits per heavy atom. The number of epoxide rings is 1. The maximum Gasteiger partial charge on any atom is 0.521 e. The summed E-state index contributed by atoms with van der Waals surface area (Å²) in [6.45, 7) is 14.6. The predicted octanol–water partition coefficient (Wildman–Crippen LogP) is 1.65. The highest BCUT2D eigenvalue weighted by atomic mass is 31.1. The molecule has 4 fully saturated rings. The molecule has 0 aromatic rings. The first-order valence-electron chi connectivity index (χ1n) is 18.4. The number of aliphatic hydroxyl groups is 3. The van der Waals surface area contributed by atoms with E-state index in [-0.39, 0.29) is 44.7 Å². The fourth-order valence-electron chi connectivity index (χ4n) is 7.89. The maximum absolute atomic E-state index is 13.9. The van der Waals surface area contributed by atoms with E-state index in [1.807, 2.05) is 39.8 Å². The lowest BCUT2D eigenvalue weighted by molar-refractivity contribution is -0.299. The van der Waals surface area contributed by atoms with Crippen molar-refractivity contribution in [2.45, 2.75) is 154 Å². The van der Waals surface area contributed by atoms with Crippen molar-refractivity contribution in [3.05, 3.63) is 0 Å². The highest BCUT2D eigenvalue weighted by Gasteiger charge is 2.57. The number of nitrogens with zero attached hydrogens (tertiary/aromatic N) is 1. The molecule has 4 saturated heterocycles. The van der Waals surface area contributed by atoms with Gasteiger partial charge >= 0.3 is 14.2 Å². The summed E-state index contributed by atoms with van der Waals surface area (Å²) < 4.78 is 54.6. The normalized spacial score (nSPS) is 46.2. The second-order valence-corrected chi connectivity index (χ2v) is 16.2. The van der Waals surface area contributed by atoms with Gasteiger partial charge in [-0.1, -0.05) is 27.7 Å². The van der Waals surface area contributed by atoms with Crippen LogP contribution in [0, 0.1) is 29.6 Å². The Morgan fingerprint density at radius 3 is 2.00 bits per heavy atom. The molecule has 0 aromatic heterocycles. The molecule has 53 heavy (non-hydrogen) atoms. The van der Waals surface area contributed by atoms with Gasteiger partial charge in [-0.05, 0) is 65.1 Å². The van der Waals surface area contributed by atoms with Gasteiger partial charge in [0.25, 0.3) is 0 Å². The van der Waals surface area contributed by atoms with Crippen LogP contribution in [0.3, 0.4) is 0 Å². The largest absolute Gasteiger partial charge is 0.565 e. The van der Waals surface area contributed by atoms with Crippen molar-refractivity contribution < 1.29 is 78.9 Å². The molecule has 4 rings (SSSR count). The van der Waals surface area contributed by atoms with E-state index in [2.05, 4.69) is 4.67 Å². The summed E-state index contributed by atoms with van der Waals surface area (Å²) in [4.78, 5) is 38.6. The number of rotatable bonds is 7. The molecule has 0 aliphatic carbocycles. The summed E-state index contributed by atoms with van der Waals surface area (Å²) in [7, 11) is 2.28. The third-order valence-electron chi connectivity index (χ3n) is 11.5. The Balaban J connectivity index is 0.00000157. The molecule has 1 spiro atoms. The Labute approximate surface area is 314 Å². The van der Waals surface area contributed by atoms with Gasteiger partial charge in [0.1, 0.15) is 18.3 Å². The summed E-state index contributed by atoms with van der Waals surface area (Å²) >= 11 is 0.